The van der Waals surface area contributed by atoms with Crippen LogP contribution in [0.3, 0.4) is 0 Å². The molecule has 4 nitrogen and oxygen atoms in total. The fourth-order valence-electron chi connectivity index (χ4n) is 2.11. The highest BCUT2D eigenvalue weighted by molar-refractivity contribution is 8.13. The minimum Gasteiger partial charge on any atom is -0.377 e. The Morgan fingerprint density at radius 1 is 1.17 bits per heavy atom. The third-order valence-electron chi connectivity index (χ3n) is 3.76. The Hall–Kier alpha value is -2.11. The Bertz CT molecular complexity index is 696. The van der Waals surface area contributed by atoms with Gasteiger partial charge >= 0.3 is 0 Å². The van der Waals surface area contributed by atoms with Crippen molar-refractivity contribution in [2.75, 3.05) is 14.1 Å². The van der Waals surface area contributed by atoms with Gasteiger partial charge in [0.15, 0.2) is 5.17 Å². The Balaban J connectivity index is 1.94. The Kier molecular flexibility index (Phi) is 7.03. The minimum absolute atomic E-state index is 0.355. The zero-order valence-corrected chi connectivity index (χ0v) is 15.2. The van der Waals surface area contributed by atoms with Crippen LogP contribution in [0.4, 0.5) is 0 Å². The molecule has 2 rings (SSSR count). The molecule has 0 bridgehead atoms. The number of rotatable bonds is 6. The molecule has 0 aromatic heterocycles. The van der Waals surface area contributed by atoms with E-state index in [1.54, 1.807) is 6.21 Å². The molecule has 2 aromatic carbocycles. The monoisotopic (exact) mass is 340 g/mol. The first-order chi connectivity index (χ1) is 11.6. The summed E-state index contributed by atoms with van der Waals surface area (Å²) in [6, 6.07) is 18.8. The van der Waals surface area contributed by atoms with E-state index in [9.17, 15) is 0 Å². The van der Waals surface area contributed by atoms with Gasteiger partial charge in [-0.25, -0.2) is 0 Å². The highest BCUT2D eigenvalue weighted by atomic mass is 32.2. The summed E-state index contributed by atoms with van der Waals surface area (Å²) < 4.78 is 0. The van der Waals surface area contributed by atoms with Crippen LogP contribution in [-0.2, 0) is 5.75 Å². The molecular formula is C19H24N4S. The molecule has 0 aliphatic rings. The van der Waals surface area contributed by atoms with Gasteiger partial charge < -0.3 is 10.6 Å². The van der Waals surface area contributed by atoms with Crippen molar-refractivity contribution < 1.29 is 0 Å². The second-order valence-electron chi connectivity index (χ2n) is 5.77. The lowest BCUT2D eigenvalue weighted by molar-refractivity contribution is 0.321. The smallest absolute Gasteiger partial charge is 0.180 e. The predicted octanol–water partition coefficient (Wildman–Crippen LogP) is 3.89. The van der Waals surface area contributed by atoms with E-state index in [-0.39, 0.29) is 0 Å². The predicted molar refractivity (Wildman–Crippen MR) is 105 cm³/mol. The standard InChI is InChI=1S/C19H24N4S/c1-15(23(2)3)18-11-7-10-17(12-18)13-21-22-19(20)24-14-16-8-5-4-6-9-16/h4-13,15H,14H2,1-3H3,(H2,20,22). The summed E-state index contributed by atoms with van der Waals surface area (Å²) in [5.74, 6) is 0.793. The van der Waals surface area contributed by atoms with Gasteiger partial charge in [-0.15, -0.1) is 5.10 Å². The average Bonchev–Trinajstić information content (AvgIpc) is 2.60. The number of thioether (sulfide) groups is 1. The maximum absolute atomic E-state index is 5.90. The summed E-state index contributed by atoms with van der Waals surface area (Å²) in [7, 11) is 4.14. The van der Waals surface area contributed by atoms with E-state index in [2.05, 4.69) is 60.4 Å². The van der Waals surface area contributed by atoms with Gasteiger partial charge in [-0.05, 0) is 43.8 Å². The number of nitrogens with zero attached hydrogens (tertiary/aromatic N) is 3. The maximum Gasteiger partial charge on any atom is 0.180 e. The topological polar surface area (TPSA) is 54.0 Å². The summed E-state index contributed by atoms with van der Waals surface area (Å²) in [4.78, 5) is 2.17. The third-order valence-corrected chi connectivity index (χ3v) is 4.62. The third kappa shape index (κ3) is 5.83. The van der Waals surface area contributed by atoms with Gasteiger partial charge in [0.05, 0.1) is 6.21 Å². The molecule has 0 radical (unpaired) electrons. The first-order valence-electron chi connectivity index (χ1n) is 7.86. The molecule has 0 heterocycles. The largest absolute Gasteiger partial charge is 0.377 e. The second kappa shape index (κ2) is 9.25. The van der Waals surface area contributed by atoms with Crippen molar-refractivity contribution in [2.45, 2.75) is 18.7 Å². The quantitative estimate of drug-likeness (QED) is 0.493. The average molecular weight is 340 g/mol. The van der Waals surface area contributed by atoms with Crippen LogP contribution < -0.4 is 5.73 Å². The van der Waals surface area contributed by atoms with Gasteiger partial charge in [-0.2, -0.15) is 5.10 Å². The van der Waals surface area contributed by atoms with Gasteiger partial charge in [-0.3, -0.25) is 0 Å². The van der Waals surface area contributed by atoms with Gasteiger partial charge in [0, 0.05) is 11.8 Å². The van der Waals surface area contributed by atoms with Crippen LogP contribution in [0.5, 0.6) is 0 Å². The second-order valence-corrected chi connectivity index (χ2v) is 6.76. The zero-order valence-electron chi connectivity index (χ0n) is 14.4. The van der Waals surface area contributed by atoms with Crippen LogP contribution in [0.1, 0.15) is 29.7 Å². The van der Waals surface area contributed by atoms with Crippen molar-refractivity contribution in [3.8, 4) is 0 Å². The Morgan fingerprint density at radius 3 is 2.62 bits per heavy atom. The molecule has 2 aromatic rings. The fraction of sp³-hybridized carbons (Fsp3) is 0.263. The van der Waals surface area contributed by atoms with Gasteiger partial charge in [0.25, 0.3) is 0 Å². The summed E-state index contributed by atoms with van der Waals surface area (Å²) in [5, 5.41) is 8.63. The highest BCUT2D eigenvalue weighted by Crippen LogP contribution is 2.17. The molecule has 0 spiro atoms. The summed E-state index contributed by atoms with van der Waals surface area (Å²) >= 11 is 1.48. The van der Waals surface area contributed by atoms with Gasteiger partial charge in [0.2, 0.25) is 0 Å². The molecule has 0 saturated carbocycles. The normalized spacial score (nSPS) is 13.6. The van der Waals surface area contributed by atoms with E-state index >= 15 is 0 Å². The molecule has 2 N–H and O–H groups in total. The van der Waals surface area contributed by atoms with E-state index in [0.717, 1.165) is 11.3 Å². The summed E-state index contributed by atoms with van der Waals surface area (Å²) in [5.41, 5.74) is 9.38. The SMILES string of the molecule is CC(c1cccc(C=NN=C(N)SCc2ccccc2)c1)N(C)C. The molecule has 0 fully saturated rings. The number of hydrogen-bond acceptors (Lipinski definition) is 4. The Morgan fingerprint density at radius 2 is 1.92 bits per heavy atom. The van der Waals surface area contributed by atoms with Crippen LogP contribution in [0.15, 0.2) is 64.8 Å². The highest BCUT2D eigenvalue weighted by Gasteiger charge is 2.07. The van der Waals surface area contributed by atoms with E-state index < -0.39 is 0 Å². The van der Waals surface area contributed by atoms with Crippen molar-refractivity contribution in [3.05, 3.63) is 71.3 Å². The molecule has 1 unspecified atom stereocenters. The van der Waals surface area contributed by atoms with Crippen molar-refractivity contribution in [1.29, 1.82) is 0 Å². The van der Waals surface area contributed by atoms with Crippen LogP contribution in [-0.4, -0.2) is 30.4 Å². The van der Waals surface area contributed by atoms with E-state index in [1.807, 2.05) is 30.3 Å². The molecule has 0 aliphatic carbocycles. The van der Waals surface area contributed by atoms with Crippen LogP contribution >= 0.6 is 11.8 Å². The van der Waals surface area contributed by atoms with Crippen molar-refractivity contribution in [2.24, 2.45) is 15.9 Å². The first-order valence-corrected chi connectivity index (χ1v) is 8.84. The lowest BCUT2D eigenvalue weighted by atomic mass is 10.1. The molecule has 0 amide bonds. The number of nitrogens with two attached hydrogens (primary N) is 1. The molecular weight excluding hydrogens is 316 g/mol. The number of amidine groups is 1. The van der Waals surface area contributed by atoms with Gasteiger partial charge in [-0.1, -0.05) is 60.3 Å². The molecule has 5 heteroatoms. The lowest BCUT2D eigenvalue weighted by Crippen LogP contribution is -2.16. The minimum atomic E-state index is 0.355. The molecule has 126 valence electrons. The molecule has 0 saturated heterocycles. The molecule has 1 atom stereocenters. The van der Waals surface area contributed by atoms with Crippen LogP contribution in [0.2, 0.25) is 0 Å². The summed E-state index contributed by atoms with van der Waals surface area (Å²) in [6.45, 7) is 2.17. The molecule has 0 aliphatic heterocycles. The lowest BCUT2D eigenvalue weighted by Gasteiger charge is -2.20. The van der Waals surface area contributed by atoms with E-state index in [1.165, 1.54) is 22.9 Å². The Labute approximate surface area is 148 Å². The maximum atomic E-state index is 5.90. The first kappa shape index (κ1) is 18.2. The molecule has 24 heavy (non-hydrogen) atoms. The van der Waals surface area contributed by atoms with Gasteiger partial charge in [0.1, 0.15) is 0 Å². The fourth-order valence-corrected chi connectivity index (χ4v) is 2.72. The summed E-state index contributed by atoms with van der Waals surface area (Å²) in [6.07, 6.45) is 1.74. The zero-order chi connectivity index (χ0) is 17.4. The van der Waals surface area contributed by atoms with Crippen LogP contribution in [0.25, 0.3) is 0 Å². The van der Waals surface area contributed by atoms with Crippen molar-refractivity contribution >= 4 is 23.1 Å². The van der Waals surface area contributed by atoms with E-state index in [0.29, 0.717) is 11.2 Å². The van der Waals surface area contributed by atoms with Crippen LogP contribution in [0, 0.1) is 0 Å². The van der Waals surface area contributed by atoms with Crippen molar-refractivity contribution in [1.82, 2.24) is 4.90 Å². The van der Waals surface area contributed by atoms with E-state index in [4.69, 9.17) is 5.73 Å². The number of hydrogen-bond donors (Lipinski definition) is 1. The number of benzene rings is 2. The van der Waals surface area contributed by atoms with Crippen molar-refractivity contribution in [3.63, 3.8) is 0 Å².